The molecule has 1 aromatic carbocycles. The van der Waals surface area contributed by atoms with Crippen LogP contribution < -0.4 is 0 Å². The summed E-state index contributed by atoms with van der Waals surface area (Å²) in [5, 5.41) is 10.9. The van der Waals surface area contributed by atoms with Crippen LogP contribution in [0.4, 0.5) is 4.79 Å². The molecule has 0 unspecified atom stereocenters. The van der Waals surface area contributed by atoms with E-state index < -0.39 is 6.09 Å². The van der Waals surface area contributed by atoms with Gasteiger partial charge in [-0.25, -0.2) is 4.79 Å². The molecule has 0 aliphatic rings. The number of carbonyl (C=O) groups is 1. The first-order valence-corrected chi connectivity index (χ1v) is 5.73. The molecule has 1 N–H and O–H groups in total. The van der Waals surface area contributed by atoms with Crippen molar-refractivity contribution in [1.82, 2.24) is 4.57 Å². The molecular weight excluding hydrogens is 281 g/mol. The lowest BCUT2D eigenvalue weighted by atomic mass is 10.2. The van der Waals surface area contributed by atoms with E-state index in [9.17, 15) is 4.79 Å². The van der Waals surface area contributed by atoms with E-state index in [1.165, 1.54) is 6.20 Å². The van der Waals surface area contributed by atoms with Gasteiger partial charge in [0, 0.05) is 16.9 Å². The average molecular weight is 289 g/mol. The van der Waals surface area contributed by atoms with Crippen LogP contribution in [0.5, 0.6) is 0 Å². The summed E-state index contributed by atoms with van der Waals surface area (Å²) in [5.74, 6) is 0. The maximum Gasteiger partial charge on any atom is 0.416 e. The van der Waals surface area contributed by atoms with Crippen molar-refractivity contribution in [2.45, 2.75) is 5.33 Å². The molecule has 1 aromatic heterocycles. The lowest BCUT2D eigenvalue weighted by molar-refractivity contribution is 0.197. The molecule has 0 radical (unpaired) electrons. The summed E-state index contributed by atoms with van der Waals surface area (Å²) in [5.41, 5.74) is 1.56. The minimum atomic E-state index is -1.01. The fourth-order valence-corrected chi connectivity index (χ4v) is 2.41. The fraction of sp³-hybridized carbons (Fsp3) is 0.100. The monoisotopic (exact) mass is 287 g/mol. The van der Waals surface area contributed by atoms with Gasteiger partial charge in [0.1, 0.15) is 0 Å². The zero-order valence-electron chi connectivity index (χ0n) is 7.58. The molecule has 0 atom stereocenters. The smallest absolute Gasteiger partial charge is 0.416 e. The maximum absolute atomic E-state index is 10.9. The van der Waals surface area contributed by atoms with E-state index in [0.717, 1.165) is 15.5 Å². The molecule has 5 heteroatoms. The molecule has 0 bridgehead atoms. The van der Waals surface area contributed by atoms with Crippen LogP contribution >= 0.6 is 27.5 Å². The van der Waals surface area contributed by atoms with Gasteiger partial charge in [-0.15, -0.1) is 0 Å². The summed E-state index contributed by atoms with van der Waals surface area (Å²) in [6.07, 6.45) is 0.490. The largest absolute Gasteiger partial charge is 0.464 e. The van der Waals surface area contributed by atoms with E-state index in [-0.39, 0.29) is 0 Å². The van der Waals surface area contributed by atoms with Gasteiger partial charge in [0.25, 0.3) is 0 Å². The lowest BCUT2D eigenvalue weighted by Gasteiger charge is -2.02. The first-order valence-electron chi connectivity index (χ1n) is 4.23. The Bertz CT molecular complexity index is 535. The second-order valence-electron chi connectivity index (χ2n) is 3.07. The fourth-order valence-electron chi connectivity index (χ4n) is 1.50. The predicted molar refractivity (Wildman–Crippen MR) is 63.0 cm³/mol. The highest BCUT2D eigenvalue weighted by Gasteiger charge is 2.11. The Morgan fingerprint density at radius 3 is 2.80 bits per heavy atom. The topological polar surface area (TPSA) is 42.2 Å². The molecule has 0 amide bonds. The van der Waals surface area contributed by atoms with Crippen LogP contribution in [0, 0.1) is 0 Å². The van der Waals surface area contributed by atoms with E-state index in [1.54, 1.807) is 12.1 Å². The average Bonchev–Trinajstić information content (AvgIpc) is 2.62. The third-order valence-corrected chi connectivity index (χ3v) is 3.29. The Kier molecular flexibility index (Phi) is 2.71. The summed E-state index contributed by atoms with van der Waals surface area (Å²) in [4.78, 5) is 10.9. The Balaban J connectivity index is 2.76. The van der Waals surface area contributed by atoms with Gasteiger partial charge >= 0.3 is 6.09 Å². The molecule has 0 spiro atoms. The van der Waals surface area contributed by atoms with Gasteiger partial charge in [0.15, 0.2) is 0 Å². The summed E-state index contributed by atoms with van der Waals surface area (Å²) in [6.45, 7) is 0. The van der Waals surface area contributed by atoms with Crippen LogP contribution in [0.3, 0.4) is 0 Å². The number of alkyl halides is 1. The molecule has 0 aliphatic carbocycles. The summed E-state index contributed by atoms with van der Waals surface area (Å²) in [6, 6.07) is 5.28. The normalized spacial score (nSPS) is 10.8. The van der Waals surface area contributed by atoms with Gasteiger partial charge in [-0.1, -0.05) is 33.6 Å². The van der Waals surface area contributed by atoms with Gasteiger partial charge in [-0.05, 0) is 17.7 Å². The second-order valence-corrected chi connectivity index (χ2v) is 4.01. The van der Waals surface area contributed by atoms with Gasteiger partial charge in [0.05, 0.1) is 10.5 Å². The maximum atomic E-state index is 10.9. The Morgan fingerprint density at radius 2 is 2.20 bits per heavy atom. The second kappa shape index (κ2) is 3.87. The predicted octanol–water partition coefficient (Wildman–Crippen LogP) is 3.72. The van der Waals surface area contributed by atoms with Crippen LogP contribution in [0.25, 0.3) is 10.9 Å². The van der Waals surface area contributed by atoms with Crippen LogP contribution in [-0.2, 0) is 5.33 Å². The molecule has 0 aliphatic heterocycles. The summed E-state index contributed by atoms with van der Waals surface area (Å²) < 4.78 is 1.15. The van der Waals surface area contributed by atoms with E-state index in [0.29, 0.717) is 15.9 Å². The van der Waals surface area contributed by atoms with Crippen molar-refractivity contribution >= 4 is 44.5 Å². The molecule has 78 valence electrons. The molecular formula is C10H7BrClNO2. The highest BCUT2D eigenvalue weighted by atomic mass is 79.9. The van der Waals surface area contributed by atoms with Crippen molar-refractivity contribution in [2.24, 2.45) is 0 Å². The van der Waals surface area contributed by atoms with E-state index >= 15 is 0 Å². The van der Waals surface area contributed by atoms with Gasteiger partial charge in [-0.3, -0.25) is 4.57 Å². The van der Waals surface area contributed by atoms with E-state index in [1.807, 2.05) is 6.07 Å². The molecule has 1 heterocycles. The number of nitrogens with zero attached hydrogens (tertiary/aromatic N) is 1. The quantitative estimate of drug-likeness (QED) is 0.813. The van der Waals surface area contributed by atoms with Crippen molar-refractivity contribution in [3.05, 3.63) is 35.0 Å². The van der Waals surface area contributed by atoms with Gasteiger partial charge < -0.3 is 5.11 Å². The number of hydrogen-bond donors (Lipinski definition) is 1. The highest BCUT2D eigenvalue weighted by molar-refractivity contribution is 9.08. The standard InChI is InChI=1S/C10H7BrClNO2/c11-5-6-1-2-8-7(9(6)12)3-4-13(8)10(14)15/h1-4H,5H2,(H,14,15). The van der Waals surface area contributed by atoms with Gasteiger partial charge in [-0.2, -0.15) is 0 Å². The minimum absolute atomic E-state index is 0.601. The minimum Gasteiger partial charge on any atom is -0.464 e. The number of fused-ring (bicyclic) bond motifs is 1. The van der Waals surface area contributed by atoms with Crippen molar-refractivity contribution < 1.29 is 9.90 Å². The Morgan fingerprint density at radius 1 is 1.47 bits per heavy atom. The number of carboxylic acid groups (broad SMARTS) is 1. The number of benzene rings is 1. The zero-order valence-corrected chi connectivity index (χ0v) is 9.92. The molecule has 15 heavy (non-hydrogen) atoms. The molecule has 3 nitrogen and oxygen atoms in total. The molecule has 0 saturated heterocycles. The van der Waals surface area contributed by atoms with E-state index in [4.69, 9.17) is 16.7 Å². The van der Waals surface area contributed by atoms with Crippen LogP contribution in [-0.4, -0.2) is 15.8 Å². The number of hydrogen-bond acceptors (Lipinski definition) is 1. The molecule has 0 saturated carbocycles. The Hall–Kier alpha value is -1.000. The first-order chi connectivity index (χ1) is 7.15. The van der Waals surface area contributed by atoms with Crippen molar-refractivity contribution in [3.8, 4) is 0 Å². The third-order valence-electron chi connectivity index (χ3n) is 2.24. The molecule has 2 aromatic rings. The van der Waals surface area contributed by atoms with Crippen LogP contribution in [0.2, 0.25) is 5.02 Å². The first kappa shape index (κ1) is 10.5. The summed E-state index contributed by atoms with van der Waals surface area (Å²) in [7, 11) is 0. The van der Waals surface area contributed by atoms with Crippen LogP contribution in [0.15, 0.2) is 24.4 Å². The van der Waals surface area contributed by atoms with Crippen molar-refractivity contribution in [1.29, 1.82) is 0 Å². The number of aromatic nitrogens is 1. The number of rotatable bonds is 1. The lowest BCUT2D eigenvalue weighted by Crippen LogP contribution is -2.05. The molecule has 0 fully saturated rings. The summed E-state index contributed by atoms with van der Waals surface area (Å²) >= 11 is 9.45. The van der Waals surface area contributed by atoms with Gasteiger partial charge in [0.2, 0.25) is 0 Å². The Labute approximate surface area is 99.4 Å². The van der Waals surface area contributed by atoms with E-state index in [2.05, 4.69) is 15.9 Å². The molecule has 2 rings (SSSR count). The highest BCUT2D eigenvalue weighted by Crippen LogP contribution is 2.29. The third kappa shape index (κ3) is 1.64. The zero-order chi connectivity index (χ0) is 11.0. The number of halogens is 2. The SMILES string of the molecule is O=C(O)n1ccc2c(Cl)c(CBr)ccc21. The van der Waals surface area contributed by atoms with Crippen molar-refractivity contribution in [3.63, 3.8) is 0 Å². The van der Waals surface area contributed by atoms with Crippen molar-refractivity contribution in [2.75, 3.05) is 0 Å². The van der Waals surface area contributed by atoms with Crippen LogP contribution in [0.1, 0.15) is 5.56 Å².